The van der Waals surface area contributed by atoms with E-state index in [-0.39, 0.29) is 5.75 Å². The summed E-state index contributed by atoms with van der Waals surface area (Å²) in [6, 6.07) is 20.8. The molecule has 38 heavy (non-hydrogen) atoms. The van der Waals surface area contributed by atoms with Crippen LogP contribution in [0.1, 0.15) is 11.1 Å². The van der Waals surface area contributed by atoms with Gasteiger partial charge < -0.3 is 15.0 Å². The third-order valence-electron chi connectivity index (χ3n) is 5.29. The zero-order valence-electron chi connectivity index (χ0n) is 20.5. The summed E-state index contributed by atoms with van der Waals surface area (Å²) in [5.74, 6) is 0.158. The fraction of sp³-hybridized carbons (Fsp3) is 0.154. The number of alkyl halides is 3. The zero-order valence-corrected chi connectivity index (χ0v) is 21.3. The number of ether oxygens (including phenoxy) is 1. The molecule has 0 aliphatic carbocycles. The van der Waals surface area contributed by atoms with Crippen molar-refractivity contribution in [3.63, 3.8) is 0 Å². The fourth-order valence-electron chi connectivity index (χ4n) is 3.52. The SMILES string of the molecule is CN(C)c1ccccc1CNC(=S)NN=Cc1ccc(-c2ncn(-c3ccc(OC(F)(F)F)cc3)n2)cc1. The van der Waals surface area contributed by atoms with Gasteiger partial charge in [0.05, 0.1) is 11.9 Å². The quantitative estimate of drug-likeness (QED) is 0.187. The van der Waals surface area contributed by atoms with Gasteiger partial charge in [-0.25, -0.2) is 9.67 Å². The van der Waals surface area contributed by atoms with Crippen molar-refractivity contribution in [1.82, 2.24) is 25.5 Å². The molecular formula is C26H24F3N7OS. The molecule has 0 aliphatic heterocycles. The molecule has 0 fully saturated rings. The van der Waals surface area contributed by atoms with Crippen LogP contribution in [0.5, 0.6) is 5.75 Å². The maximum Gasteiger partial charge on any atom is 0.573 e. The molecule has 1 aromatic heterocycles. The first-order chi connectivity index (χ1) is 18.2. The topological polar surface area (TPSA) is 79.6 Å². The van der Waals surface area contributed by atoms with Gasteiger partial charge in [-0.05, 0) is 53.7 Å². The molecule has 3 aromatic carbocycles. The van der Waals surface area contributed by atoms with Gasteiger partial charge in [0, 0.05) is 31.9 Å². The second-order valence-electron chi connectivity index (χ2n) is 8.25. The minimum Gasteiger partial charge on any atom is -0.406 e. The molecule has 0 spiro atoms. The van der Waals surface area contributed by atoms with E-state index in [4.69, 9.17) is 12.2 Å². The predicted octanol–water partition coefficient (Wildman–Crippen LogP) is 4.90. The molecule has 0 radical (unpaired) electrons. The Balaban J connectivity index is 1.31. The Morgan fingerprint density at radius 1 is 1.05 bits per heavy atom. The smallest absolute Gasteiger partial charge is 0.406 e. The largest absolute Gasteiger partial charge is 0.573 e. The number of para-hydroxylation sites is 1. The average molecular weight is 540 g/mol. The summed E-state index contributed by atoms with van der Waals surface area (Å²) < 4.78 is 42.4. The highest BCUT2D eigenvalue weighted by molar-refractivity contribution is 7.80. The number of rotatable bonds is 8. The van der Waals surface area contributed by atoms with E-state index in [1.807, 2.05) is 67.5 Å². The lowest BCUT2D eigenvalue weighted by molar-refractivity contribution is -0.274. The van der Waals surface area contributed by atoms with Gasteiger partial charge in [-0.15, -0.1) is 18.3 Å². The molecule has 196 valence electrons. The van der Waals surface area contributed by atoms with E-state index in [1.54, 1.807) is 6.21 Å². The molecular weight excluding hydrogens is 515 g/mol. The number of nitrogens with one attached hydrogen (secondary N) is 2. The standard InChI is InChI=1S/C26H24F3N7OS/c1-35(2)23-6-4-3-5-20(23)16-30-25(38)33-32-15-18-7-9-19(10-8-18)24-31-17-36(34-24)21-11-13-22(14-12-21)37-26(27,28)29/h3-15,17H,16H2,1-2H3,(H2,30,33,38). The van der Waals surface area contributed by atoms with Crippen molar-refractivity contribution in [3.8, 4) is 22.8 Å². The van der Waals surface area contributed by atoms with Crippen LogP contribution in [0, 0.1) is 0 Å². The fourth-order valence-corrected chi connectivity index (χ4v) is 3.64. The number of benzene rings is 3. The molecule has 0 atom stereocenters. The van der Waals surface area contributed by atoms with Crippen molar-refractivity contribution in [2.75, 3.05) is 19.0 Å². The van der Waals surface area contributed by atoms with E-state index in [0.717, 1.165) is 22.4 Å². The summed E-state index contributed by atoms with van der Waals surface area (Å²) in [5.41, 5.74) is 7.18. The monoisotopic (exact) mass is 539 g/mol. The number of nitrogens with zero attached hydrogens (tertiary/aromatic N) is 5. The third kappa shape index (κ3) is 7.29. The summed E-state index contributed by atoms with van der Waals surface area (Å²) in [4.78, 5) is 6.33. The van der Waals surface area contributed by atoms with Crippen molar-refractivity contribution < 1.29 is 17.9 Å². The number of halogens is 3. The molecule has 0 unspecified atom stereocenters. The van der Waals surface area contributed by atoms with Crippen molar-refractivity contribution in [3.05, 3.63) is 90.3 Å². The second kappa shape index (κ2) is 11.7. The van der Waals surface area contributed by atoms with E-state index >= 15 is 0 Å². The van der Waals surface area contributed by atoms with E-state index in [2.05, 4.69) is 30.7 Å². The molecule has 0 amide bonds. The van der Waals surface area contributed by atoms with Gasteiger partial charge in [-0.1, -0.05) is 42.5 Å². The van der Waals surface area contributed by atoms with Crippen LogP contribution in [-0.4, -0.2) is 46.5 Å². The van der Waals surface area contributed by atoms with Gasteiger partial charge in [-0.2, -0.15) is 5.10 Å². The summed E-state index contributed by atoms with van der Waals surface area (Å²) in [5, 5.41) is 12.1. The summed E-state index contributed by atoms with van der Waals surface area (Å²) >= 11 is 5.31. The highest BCUT2D eigenvalue weighted by Gasteiger charge is 2.31. The first-order valence-corrected chi connectivity index (χ1v) is 11.8. The first kappa shape index (κ1) is 26.6. The van der Waals surface area contributed by atoms with Crippen LogP contribution in [0.25, 0.3) is 17.1 Å². The summed E-state index contributed by atoms with van der Waals surface area (Å²) in [6.45, 7) is 0.565. The van der Waals surface area contributed by atoms with Crippen molar-refractivity contribution in [1.29, 1.82) is 0 Å². The Bertz CT molecular complexity index is 1400. The van der Waals surface area contributed by atoms with Gasteiger partial charge in [-0.3, -0.25) is 5.43 Å². The molecule has 4 aromatic rings. The second-order valence-corrected chi connectivity index (χ2v) is 8.66. The Kier molecular flexibility index (Phi) is 8.22. The van der Waals surface area contributed by atoms with Crippen LogP contribution in [0.3, 0.4) is 0 Å². The molecule has 12 heteroatoms. The van der Waals surface area contributed by atoms with Crippen LogP contribution in [0.15, 0.2) is 84.2 Å². The minimum atomic E-state index is -4.74. The summed E-state index contributed by atoms with van der Waals surface area (Å²) in [7, 11) is 3.98. The predicted molar refractivity (Wildman–Crippen MR) is 144 cm³/mol. The van der Waals surface area contributed by atoms with Crippen molar-refractivity contribution in [2.24, 2.45) is 5.10 Å². The Morgan fingerprint density at radius 2 is 1.76 bits per heavy atom. The highest BCUT2D eigenvalue weighted by atomic mass is 32.1. The van der Waals surface area contributed by atoms with Crippen molar-refractivity contribution in [2.45, 2.75) is 12.9 Å². The van der Waals surface area contributed by atoms with Gasteiger partial charge >= 0.3 is 6.36 Å². The molecule has 4 rings (SSSR count). The molecule has 1 heterocycles. The first-order valence-electron chi connectivity index (χ1n) is 11.4. The lowest BCUT2D eigenvalue weighted by atomic mass is 10.1. The average Bonchev–Trinajstić information content (AvgIpc) is 3.38. The Morgan fingerprint density at radius 3 is 2.45 bits per heavy atom. The van der Waals surface area contributed by atoms with Crippen LogP contribution < -0.4 is 20.4 Å². The molecule has 0 aliphatic rings. The minimum absolute atomic E-state index is 0.306. The normalized spacial score (nSPS) is 11.4. The molecule has 2 N–H and O–H groups in total. The molecule has 0 bridgehead atoms. The number of thiocarbonyl (C=S) groups is 1. The highest BCUT2D eigenvalue weighted by Crippen LogP contribution is 2.24. The van der Waals surface area contributed by atoms with E-state index in [9.17, 15) is 13.2 Å². The molecule has 0 saturated heterocycles. The zero-order chi connectivity index (χ0) is 27.1. The van der Waals surface area contributed by atoms with Crippen LogP contribution in [0.4, 0.5) is 18.9 Å². The lowest BCUT2D eigenvalue weighted by Crippen LogP contribution is -2.32. The molecule has 8 nitrogen and oxygen atoms in total. The number of hydrazone groups is 1. The van der Waals surface area contributed by atoms with Crippen LogP contribution in [-0.2, 0) is 6.54 Å². The van der Waals surface area contributed by atoms with Gasteiger partial charge in [0.1, 0.15) is 12.1 Å². The van der Waals surface area contributed by atoms with Gasteiger partial charge in [0.15, 0.2) is 10.9 Å². The number of hydrogen-bond donors (Lipinski definition) is 2. The maximum atomic E-state index is 12.3. The number of hydrogen-bond acceptors (Lipinski definition) is 6. The third-order valence-corrected chi connectivity index (χ3v) is 5.52. The Hall–Kier alpha value is -4.45. The maximum absolute atomic E-state index is 12.3. The van der Waals surface area contributed by atoms with Gasteiger partial charge in [0.25, 0.3) is 0 Å². The molecule has 0 saturated carbocycles. The van der Waals surface area contributed by atoms with E-state index in [1.165, 1.54) is 35.3 Å². The number of anilines is 1. The lowest BCUT2D eigenvalue weighted by Gasteiger charge is -2.17. The van der Waals surface area contributed by atoms with Crippen LogP contribution >= 0.6 is 12.2 Å². The van der Waals surface area contributed by atoms with Gasteiger partial charge in [0.2, 0.25) is 0 Å². The van der Waals surface area contributed by atoms with Crippen molar-refractivity contribution >= 4 is 29.2 Å². The van der Waals surface area contributed by atoms with Crippen LogP contribution in [0.2, 0.25) is 0 Å². The number of aromatic nitrogens is 3. The summed E-state index contributed by atoms with van der Waals surface area (Å²) in [6.07, 6.45) is -1.61. The van der Waals surface area contributed by atoms with E-state index in [0.29, 0.717) is 23.2 Å². The Labute approximate surface area is 222 Å². The van der Waals surface area contributed by atoms with E-state index < -0.39 is 6.36 Å².